The minimum absolute atomic E-state index is 0.362. The number of rotatable bonds is 3. The third-order valence-corrected chi connectivity index (χ3v) is 10.9. The van der Waals surface area contributed by atoms with E-state index < -0.39 is 18.9 Å². The molecule has 7 aromatic rings. The molecule has 0 saturated carbocycles. The smallest absolute Gasteiger partial charge is 0.309 e. The van der Waals surface area contributed by atoms with Crippen molar-refractivity contribution in [3.05, 3.63) is 139 Å². The molecule has 40 heavy (non-hydrogen) atoms. The summed E-state index contributed by atoms with van der Waals surface area (Å²) in [5.41, 5.74) is -0.769. The Balaban J connectivity index is 1.66. The fourth-order valence-electron chi connectivity index (χ4n) is 5.86. The highest BCUT2D eigenvalue weighted by atomic mass is 31.2. The highest BCUT2D eigenvalue weighted by Crippen LogP contribution is 2.48. The van der Waals surface area contributed by atoms with Crippen molar-refractivity contribution in [3.63, 3.8) is 0 Å². The summed E-state index contributed by atoms with van der Waals surface area (Å²) in [5, 5.41) is 9.05. The number of hydrogen-bond donors (Lipinski definition) is 0. The maximum atomic E-state index is 16.0. The first kappa shape index (κ1) is 24.6. The van der Waals surface area contributed by atoms with Gasteiger partial charge in [0.05, 0.1) is 5.56 Å². The average molecular weight is 547 g/mol. The average Bonchev–Trinajstić information content (AvgIpc) is 2.99. The van der Waals surface area contributed by atoms with E-state index in [-0.39, 0.29) is 0 Å². The van der Waals surface area contributed by atoms with Crippen LogP contribution in [0.5, 0.6) is 0 Å². The van der Waals surface area contributed by atoms with Gasteiger partial charge in [-0.25, -0.2) is 0 Å². The minimum Gasteiger partial charge on any atom is -0.309 e. The van der Waals surface area contributed by atoms with Gasteiger partial charge in [0.15, 0.2) is 7.14 Å². The second kappa shape index (κ2) is 9.08. The Hall–Kier alpha value is -4.40. The fourth-order valence-corrected chi connectivity index (χ4v) is 8.95. The molecular formula is C35H22F3OP. The molecule has 0 bridgehead atoms. The Morgan fingerprint density at radius 1 is 0.450 bits per heavy atom. The van der Waals surface area contributed by atoms with Gasteiger partial charge in [-0.2, -0.15) is 13.2 Å². The Kier molecular flexibility index (Phi) is 5.59. The lowest BCUT2D eigenvalue weighted by Gasteiger charge is -2.25. The van der Waals surface area contributed by atoms with Crippen LogP contribution >= 0.6 is 7.14 Å². The summed E-state index contributed by atoms with van der Waals surface area (Å²) in [4.78, 5) is 0. The Labute approximate surface area is 228 Å². The number of alkyl halides is 3. The van der Waals surface area contributed by atoms with Crippen LogP contribution in [0.25, 0.3) is 43.1 Å². The first-order valence-corrected chi connectivity index (χ1v) is 14.7. The molecule has 5 heteroatoms. The summed E-state index contributed by atoms with van der Waals surface area (Å²) in [7, 11) is -3.72. The zero-order valence-corrected chi connectivity index (χ0v) is 22.1. The predicted octanol–water partition coefficient (Wildman–Crippen LogP) is 8.96. The topological polar surface area (TPSA) is 17.1 Å². The minimum atomic E-state index is -4.49. The van der Waals surface area contributed by atoms with Crippen molar-refractivity contribution in [3.8, 4) is 0 Å². The lowest BCUT2D eigenvalue weighted by molar-refractivity contribution is -0.137. The molecule has 0 spiro atoms. The quantitative estimate of drug-likeness (QED) is 0.160. The molecule has 0 saturated heterocycles. The molecule has 1 nitrogen and oxygen atoms in total. The number of benzene rings is 7. The summed E-state index contributed by atoms with van der Waals surface area (Å²) in [6.45, 7) is 0. The molecule has 0 aliphatic rings. The van der Waals surface area contributed by atoms with Crippen LogP contribution in [-0.2, 0) is 10.7 Å². The largest absolute Gasteiger partial charge is 0.416 e. The van der Waals surface area contributed by atoms with E-state index in [9.17, 15) is 13.2 Å². The lowest BCUT2D eigenvalue weighted by atomic mass is 10.0. The van der Waals surface area contributed by atoms with Crippen LogP contribution in [-0.4, -0.2) is 0 Å². The first-order chi connectivity index (χ1) is 19.4. The van der Waals surface area contributed by atoms with E-state index in [1.165, 1.54) is 12.1 Å². The fraction of sp³-hybridized carbons (Fsp3) is 0.0286. The molecule has 0 aliphatic heterocycles. The van der Waals surface area contributed by atoms with Gasteiger partial charge in [0.1, 0.15) is 0 Å². The monoisotopic (exact) mass is 546 g/mol. The van der Waals surface area contributed by atoms with Crippen LogP contribution in [0.2, 0.25) is 0 Å². The Morgan fingerprint density at radius 3 is 1.25 bits per heavy atom. The van der Waals surface area contributed by atoms with Crippen molar-refractivity contribution in [2.24, 2.45) is 0 Å². The molecule has 0 heterocycles. The normalized spacial score (nSPS) is 12.5. The zero-order valence-electron chi connectivity index (χ0n) is 21.2. The number of fused-ring (bicyclic) bond motifs is 6. The molecule has 0 unspecified atom stereocenters. The summed E-state index contributed by atoms with van der Waals surface area (Å²) >= 11 is 0. The molecule has 7 aromatic carbocycles. The Bertz CT molecular complexity index is 2010. The van der Waals surface area contributed by atoms with Crippen molar-refractivity contribution in [2.45, 2.75) is 6.18 Å². The maximum absolute atomic E-state index is 16.0. The van der Waals surface area contributed by atoms with Gasteiger partial charge in [-0.05, 0) is 67.4 Å². The van der Waals surface area contributed by atoms with E-state index >= 15 is 4.57 Å². The van der Waals surface area contributed by atoms with Crippen molar-refractivity contribution in [2.75, 3.05) is 0 Å². The molecule has 0 N–H and O–H groups in total. The Morgan fingerprint density at radius 2 is 0.825 bits per heavy atom. The van der Waals surface area contributed by atoms with E-state index in [2.05, 4.69) is 0 Å². The maximum Gasteiger partial charge on any atom is 0.416 e. The van der Waals surface area contributed by atoms with Gasteiger partial charge in [-0.3, -0.25) is 0 Å². The second-order valence-corrected chi connectivity index (χ2v) is 12.7. The van der Waals surface area contributed by atoms with Crippen molar-refractivity contribution < 1.29 is 17.7 Å². The third-order valence-electron chi connectivity index (χ3n) is 7.73. The van der Waals surface area contributed by atoms with Crippen molar-refractivity contribution in [1.29, 1.82) is 0 Å². The van der Waals surface area contributed by atoms with E-state index in [1.807, 2.05) is 109 Å². The molecule has 0 amide bonds. The summed E-state index contributed by atoms with van der Waals surface area (Å²) < 4.78 is 56.7. The van der Waals surface area contributed by atoms with Crippen LogP contribution in [0, 0.1) is 0 Å². The zero-order chi connectivity index (χ0) is 27.5. The highest BCUT2D eigenvalue weighted by molar-refractivity contribution is 7.86. The standard InChI is InChI=1S/C35H22F3OP/c36-35(37,38)25-17-19-26(20-18-25)40(39,33-21-23-9-1-3-11-27(23)29-13-5-7-15-31(29)33)34-22-24-10-2-4-12-28(24)30-14-6-8-16-32(30)34/h1-22H. The van der Waals surface area contributed by atoms with Gasteiger partial charge < -0.3 is 4.57 Å². The van der Waals surface area contributed by atoms with E-state index in [4.69, 9.17) is 0 Å². The number of hydrogen-bond acceptors (Lipinski definition) is 1. The molecule has 7 rings (SSSR count). The molecule has 0 aromatic heterocycles. The predicted molar refractivity (Wildman–Crippen MR) is 161 cm³/mol. The molecule has 0 aliphatic carbocycles. The van der Waals surface area contributed by atoms with Gasteiger partial charge in [-0.1, -0.05) is 109 Å². The SMILES string of the molecule is O=P(c1ccc(C(F)(F)F)cc1)(c1cc2ccccc2c2ccccc12)c1cc2ccccc2c2ccccc12. The van der Waals surface area contributed by atoms with Gasteiger partial charge in [0.2, 0.25) is 0 Å². The van der Waals surface area contributed by atoms with Crippen molar-refractivity contribution >= 4 is 66.1 Å². The van der Waals surface area contributed by atoms with Crippen LogP contribution in [0.4, 0.5) is 13.2 Å². The lowest BCUT2D eigenvalue weighted by Crippen LogP contribution is -2.27. The van der Waals surface area contributed by atoms with Gasteiger partial charge >= 0.3 is 6.18 Å². The van der Waals surface area contributed by atoms with Crippen LogP contribution in [0.1, 0.15) is 5.56 Å². The van der Waals surface area contributed by atoms with Crippen molar-refractivity contribution in [1.82, 2.24) is 0 Å². The van der Waals surface area contributed by atoms with Gasteiger partial charge in [0, 0.05) is 15.9 Å². The van der Waals surface area contributed by atoms with E-state index in [0.717, 1.165) is 55.2 Å². The van der Waals surface area contributed by atoms with E-state index in [0.29, 0.717) is 15.9 Å². The first-order valence-electron chi connectivity index (χ1n) is 13.0. The third kappa shape index (κ3) is 3.75. The highest BCUT2D eigenvalue weighted by Gasteiger charge is 2.36. The molecule has 0 radical (unpaired) electrons. The molecular weight excluding hydrogens is 524 g/mol. The summed E-state index contributed by atoms with van der Waals surface area (Å²) in [6.07, 6.45) is -4.49. The van der Waals surface area contributed by atoms with Gasteiger partial charge in [-0.15, -0.1) is 0 Å². The number of halogens is 3. The van der Waals surface area contributed by atoms with Crippen LogP contribution < -0.4 is 15.9 Å². The second-order valence-electron chi connectivity index (χ2n) is 9.98. The van der Waals surface area contributed by atoms with Gasteiger partial charge in [0.25, 0.3) is 0 Å². The summed E-state index contributed by atoms with van der Waals surface area (Å²) in [5.74, 6) is 0. The van der Waals surface area contributed by atoms with E-state index in [1.54, 1.807) is 0 Å². The van der Waals surface area contributed by atoms with Crippen LogP contribution in [0.3, 0.4) is 0 Å². The summed E-state index contributed by atoms with van der Waals surface area (Å²) in [6, 6.07) is 40.3. The molecule has 194 valence electrons. The molecule has 0 fully saturated rings. The van der Waals surface area contributed by atoms with Crippen LogP contribution in [0.15, 0.2) is 133 Å². The molecule has 0 atom stereocenters.